The van der Waals surface area contributed by atoms with E-state index in [4.69, 9.17) is 5.26 Å². The van der Waals surface area contributed by atoms with Gasteiger partial charge >= 0.3 is 0 Å². The summed E-state index contributed by atoms with van der Waals surface area (Å²) in [6.07, 6.45) is 4.97. The first-order chi connectivity index (χ1) is 10.5. The second kappa shape index (κ2) is 5.19. The summed E-state index contributed by atoms with van der Waals surface area (Å²) in [5.74, 6) is 0.633. The van der Waals surface area contributed by atoms with Crippen LogP contribution in [0.1, 0.15) is 13.3 Å². The van der Waals surface area contributed by atoms with Crippen LogP contribution >= 0.6 is 0 Å². The van der Waals surface area contributed by atoms with E-state index in [2.05, 4.69) is 26.3 Å². The van der Waals surface area contributed by atoms with Crippen LogP contribution in [0, 0.1) is 11.3 Å². The molecule has 0 aliphatic carbocycles. The summed E-state index contributed by atoms with van der Waals surface area (Å²) in [5.41, 5.74) is 0.126. The molecule has 1 saturated heterocycles. The van der Waals surface area contributed by atoms with Crippen molar-refractivity contribution in [1.29, 1.82) is 5.26 Å². The van der Waals surface area contributed by atoms with Gasteiger partial charge in [0, 0.05) is 19.3 Å². The second-order valence-corrected chi connectivity index (χ2v) is 7.49. The molecule has 2 aromatic rings. The van der Waals surface area contributed by atoms with Gasteiger partial charge < -0.3 is 0 Å². The summed E-state index contributed by atoms with van der Waals surface area (Å²) < 4.78 is 26.8. The van der Waals surface area contributed by atoms with Crippen molar-refractivity contribution in [3.8, 4) is 17.5 Å². The van der Waals surface area contributed by atoms with E-state index in [1.807, 2.05) is 0 Å². The van der Waals surface area contributed by atoms with Crippen molar-refractivity contribution in [2.24, 2.45) is 0 Å². The fourth-order valence-corrected chi connectivity index (χ4v) is 3.76. The quantitative estimate of drug-likeness (QED) is 0.823. The molecule has 3 rings (SSSR count). The lowest BCUT2D eigenvalue weighted by Gasteiger charge is -2.47. The zero-order chi connectivity index (χ0) is 15.8. The van der Waals surface area contributed by atoms with Gasteiger partial charge in [-0.1, -0.05) is 0 Å². The molecule has 9 nitrogen and oxygen atoms in total. The number of H-pyrrole nitrogens is 1. The van der Waals surface area contributed by atoms with Gasteiger partial charge in [0.05, 0.1) is 30.0 Å². The Morgan fingerprint density at radius 3 is 2.86 bits per heavy atom. The molecule has 116 valence electrons. The zero-order valence-corrected chi connectivity index (χ0v) is 12.8. The van der Waals surface area contributed by atoms with Crippen molar-refractivity contribution >= 4 is 10.0 Å². The third kappa shape index (κ3) is 2.28. The van der Waals surface area contributed by atoms with Crippen LogP contribution in [0.4, 0.5) is 0 Å². The third-order valence-electron chi connectivity index (χ3n) is 3.86. The number of hydrogen-bond donors (Lipinski definition) is 1. The minimum absolute atomic E-state index is 0.0536. The maximum atomic E-state index is 11.9. The lowest BCUT2D eigenvalue weighted by molar-refractivity contribution is 0.0719. The van der Waals surface area contributed by atoms with Crippen LogP contribution in [0.2, 0.25) is 0 Å². The molecule has 1 aliphatic heterocycles. The number of nitrogens with one attached hydrogen (secondary N) is 1. The Labute approximate surface area is 127 Å². The summed E-state index contributed by atoms with van der Waals surface area (Å²) in [4.78, 5) is 4.05. The van der Waals surface area contributed by atoms with Crippen LogP contribution in [0.5, 0.6) is 0 Å². The van der Waals surface area contributed by atoms with Crippen LogP contribution in [0.25, 0.3) is 11.4 Å². The van der Waals surface area contributed by atoms with Crippen molar-refractivity contribution in [2.75, 3.05) is 18.8 Å². The molecule has 0 saturated carbocycles. The SMILES string of the molecule is CCS(=O)(=O)N1CC(CC#N)(n2cc(-c3ncn[nH]3)cn2)C1. The van der Waals surface area contributed by atoms with E-state index >= 15 is 0 Å². The molecule has 0 amide bonds. The average Bonchev–Trinajstić information content (AvgIpc) is 3.12. The highest BCUT2D eigenvalue weighted by Gasteiger charge is 2.49. The molecule has 22 heavy (non-hydrogen) atoms. The topological polar surface area (TPSA) is 121 Å². The minimum Gasteiger partial charge on any atom is -0.262 e. The van der Waals surface area contributed by atoms with E-state index in [-0.39, 0.29) is 25.3 Å². The van der Waals surface area contributed by atoms with E-state index in [1.165, 1.54) is 10.6 Å². The van der Waals surface area contributed by atoms with Crippen molar-refractivity contribution < 1.29 is 8.42 Å². The van der Waals surface area contributed by atoms with Gasteiger partial charge in [0.15, 0.2) is 5.82 Å². The van der Waals surface area contributed by atoms with Gasteiger partial charge in [0.25, 0.3) is 0 Å². The van der Waals surface area contributed by atoms with E-state index in [0.717, 1.165) is 5.56 Å². The van der Waals surface area contributed by atoms with Crippen LogP contribution in [0.3, 0.4) is 0 Å². The van der Waals surface area contributed by atoms with Gasteiger partial charge in [0.1, 0.15) is 11.9 Å². The summed E-state index contributed by atoms with van der Waals surface area (Å²) in [6, 6.07) is 2.12. The van der Waals surface area contributed by atoms with Crippen LogP contribution < -0.4 is 0 Å². The molecule has 0 atom stereocenters. The largest absolute Gasteiger partial charge is 0.262 e. The van der Waals surface area contributed by atoms with Gasteiger partial charge in [-0.25, -0.2) is 13.4 Å². The molecule has 1 aliphatic rings. The number of aromatic amines is 1. The number of sulfonamides is 1. The molecule has 3 heterocycles. The van der Waals surface area contributed by atoms with Gasteiger partial charge in [-0.3, -0.25) is 9.78 Å². The number of nitriles is 1. The molecule has 0 unspecified atom stereocenters. The highest BCUT2D eigenvalue weighted by Crippen LogP contribution is 2.34. The van der Waals surface area contributed by atoms with Gasteiger partial charge in [-0.2, -0.15) is 19.8 Å². The van der Waals surface area contributed by atoms with Crippen molar-refractivity contribution in [3.05, 3.63) is 18.7 Å². The van der Waals surface area contributed by atoms with E-state index in [1.54, 1.807) is 24.0 Å². The molecule has 2 aromatic heterocycles. The maximum absolute atomic E-state index is 11.9. The molecular formula is C12H15N7O2S. The van der Waals surface area contributed by atoms with E-state index in [9.17, 15) is 8.42 Å². The molecule has 0 radical (unpaired) electrons. The van der Waals surface area contributed by atoms with Crippen LogP contribution in [-0.2, 0) is 15.6 Å². The predicted octanol–water partition coefficient (Wildman–Crippen LogP) is -0.0575. The predicted molar refractivity (Wildman–Crippen MR) is 76.8 cm³/mol. The van der Waals surface area contributed by atoms with Crippen LogP contribution in [0.15, 0.2) is 18.7 Å². The molecule has 0 spiro atoms. The highest BCUT2D eigenvalue weighted by atomic mass is 32.2. The van der Waals surface area contributed by atoms with Gasteiger partial charge in [-0.05, 0) is 6.92 Å². The standard InChI is InChI=1S/C12H15N7O2S/c1-2-22(20,21)18-7-12(8-18,3-4-13)19-6-10(5-16-19)11-14-9-15-17-11/h5-6,9H,2-3,7-8H2,1H3,(H,14,15,17). The van der Waals surface area contributed by atoms with Crippen molar-refractivity contribution in [2.45, 2.75) is 18.9 Å². The Morgan fingerprint density at radius 2 is 2.27 bits per heavy atom. The Balaban J connectivity index is 1.87. The molecule has 0 aromatic carbocycles. The average molecular weight is 321 g/mol. The first kappa shape index (κ1) is 14.7. The molecule has 1 N–H and O–H groups in total. The summed E-state index contributed by atoms with van der Waals surface area (Å²) in [7, 11) is -3.24. The summed E-state index contributed by atoms with van der Waals surface area (Å²) in [6.45, 7) is 2.12. The smallest absolute Gasteiger partial charge is 0.213 e. The van der Waals surface area contributed by atoms with E-state index < -0.39 is 15.6 Å². The Bertz CT molecular complexity index is 797. The number of nitrogens with zero attached hydrogens (tertiary/aromatic N) is 6. The summed E-state index contributed by atoms with van der Waals surface area (Å²) in [5, 5.41) is 19.9. The monoisotopic (exact) mass is 321 g/mol. The van der Waals surface area contributed by atoms with Gasteiger partial charge in [0.2, 0.25) is 10.0 Å². The van der Waals surface area contributed by atoms with Gasteiger partial charge in [-0.15, -0.1) is 0 Å². The molecule has 0 bridgehead atoms. The molecule has 1 fully saturated rings. The first-order valence-electron chi connectivity index (χ1n) is 6.76. The van der Waals surface area contributed by atoms with Crippen molar-refractivity contribution in [1.82, 2.24) is 29.3 Å². The van der Waals surface area contributed by atoms with Crippen LogP contribution in [-0.4, -0.2) is 56.5 Å². The zero-order valence-electron chi connectivity index (χ0n) is 12.0. The Kier molecular flexibility index (Phi) is 3.46. The maximum Gasteiger partial charge on any atom is 0.213 e. The number of hydrogen-bond acceptors (Lipinski definition) is 6. The Morgan fingerprint density at radius 1 is 1.50 bits per heavy atom. The highest BCUT2D eigenvalue weighted by molar-refractivity contribution is 7.89. The number of aromatic nitrogens is 5. The lowest BCUT2D eigenvalue weighted by atomic mass is 9.89. The first-order valence-corrected chi connectivity index (χ1v) is 8.37. The normalized spacial score (nSPS) is 17.8. The minimum atomic E-state index is -3.24. The fraction of sp³-hybridized carbons (Fsp3) is 0.500. The van der Waals surface area contributed by atoms with E-state index in [0.29, 0.717) is 5.82 Å². The lowest BCUT2D eigenvalue weighted by Crippen LogP contribution is -2.64. The molecular weight excluding hydrogens is 306 g/mol. The second-order valence-electron chi connectivity index (χ2n) is 5.24. The molecule has 10 heteroatoms. The third-order valence-corrected chi connectivity index (χ3v) is 5.64. The van der Waals surface area contributed by atoms with Crippen molar-refractivity contribution in [3.63, 3.8) is 0 Å². The summed E-state index contributed by atoms with van der Waals surface area (Å²) >= 11 is 0. The number of rotatable bonds is 5. The Hall–Kier alpha value is -2.25. The fourth-order valence-electron chi connectivity index (χ4n) is 2.52.